The molecule has 1 atom stereocenters. The second kappa shape index (κ2) is 5.86. The summed E-state index contributed by atoms with van der Waals surface area (Å²) in [4.78, 5) is 10.6. The zero-order valence-corrected chi connectivity index (χ0v) is 8.43. The van der Waals surface area contributed by atoms with E-state index in [2.05, 4.69) is 6.58 Å². The smallest absolute Gasteiger partial charge is 0.307 e. The summed E-state index contributed by atoms with van der Waals surface area (Å²) in [5, 5.41) is 8.67. The van der Waals surface area contributed by atoms with Gasteiger partial charge in [-0.1, -0.05) is 24.3 Å². The van der Waals surface area contributed by atoms with E-state index in [1.54, 1.807) is 18.2 Å². The molecule has 0 saturated carbocycles. The van der Waals surface area contributed by atoms with Crippen LogP contribution >= 0.6 is 0 Å². The molecule has 0 saturated heterocycles. The third-order valence-electron chi connectivity index (χ3n) is 1.88. The van der Waals surface area contributed by atoms with Crippen molar-refractivity contribution in [3.63, 3.8) is 0 Å². The van der Waals surface area contributed by atoms with E-state index in [4.69, 9.17) is 9.84 Å². The van der Waals surface area contributed by atoms with Gasteiger partial charge in [0.05, 0.1) is 6.42 Å². The lowest BCUT2D eigenvalue weighted by Crippen LogP contribution is -2.19. The number of ether oxygens (including phenoxy) is 1. The van der Waals surface area contributed by atoms with Gasteiger partial charge in [-0.25, -0.2) is 0 Å². The number of benzene rings is 1. The fourth-order valence-electron chi connectivity index (χ4n) is 1.25. The standard InChI is InChI=1S/C12H14O3/c1-2-6-11(9-12(13)14)15-10-7-4-3-5-8-10/h2-5,7-8,11H,1,6,9H2,(H,13,14). The zero-order chi connectivity index (χ0) is 11.1. The van der Waals surface area contributed by atoms with Crippen LogP contribution < -0.4 is 4.74 Å². The van der Waals surface area contributed by atoms with Crippen molar-refractivity contribution in [1.29, 1.82) is 0 Å². The quantitative estimate of drug-likeness (QED) is 0.727. The number of hydrogen-bond donors (Lipinski definition) is 1. The van der Waals surface area contributed by atoms with Crippen LogP contribution in [0.2, 0.25) is 0 Å². The summed E-state index contributed by atoms with van der Waals surface area (Å²) in [6.45, 7) is 3.58. The van der Waals surface area contributed by atoms with Crippen LogP contribution in [0.4, 0.5) is 0 Å². The van der Waals surface area contributed by atoms with Crippen molar-refractivity contribution in [3.8, 4) is 5.75 Å². The molecule has 3 nitrogen and oxygen atoms in total. The molecule has 3 heteroatoms. The minimum atomic E-state index is -0.863. The van der Waals surface area contributed by atoms with E-state index in [0.717, 1.165) is 0 Å². The lowest BCUT2D eigenvalue weighted by molar-refractivity contribution is -0.138. The van der Waals surface area contributed by atoms with Gasteiger partial charge in [0.1, 0.15) is 11.9 Å². The lowest BCUT2D eigenvalue weighted by atomic mass is 10.2. The topological polar surface area (TPSA) is 46.5 Å². The molecule has 0 radical (unpaired) electrons. The van der Waals surface area contributed by atoms with Crippen molar-refractivity contribution in [3.05, 3.63) is 43.0 Å². The molecule has 0 aromatic heterocycles. The molecule has 1 rings (SSSR count). The van der Waals surface area contributed by atoms with E-state index < -0.39 is 5.97 Å². The highest BCUT2D eigenvalue weighted by Crippen LogP contribution is 2.14. The summed E-state index contributed by atoms with van der Waals surface area (Å²) in [5.74, 6) is -0.177. The van der Waals surface area contributed by atoms with E-state index in [9.17, 15) is 4.79 Å². The first-order valence-electron chi connectivity index (χ1n) is 4.76. The van der Waals surface area contributed by atoms with E-state index in [1.165, 1.54) is 0 Å². The number of para-hydroxylation sites is 1. The van der Waals surface area contributed by atoms with Crippen LogP contribution in [0, 0.1) is 0 Å². The van der Waals surface area contributed by atoms with Gasteiger partial charge < -0.3 is 9.84 Å². The van der Waals surface area contributed by atoms with Crippen molar-refractivity contribution in [1.82, 2.24) is 0 Å². The van der Waals surface area contributed by atoms with E-state index in [0.29, 0.717) is 12.2 Å². The van der Waals surface area contributed by atoms with Crippen molar-refractivity contribution in [2.24, 2.45) is 0 Å². The van der Waals surface area contributed by atoms with Crippen LogP contribution in [0.5, 0.6) is 5.75 Å². The molecule has 0 amide bonds. The van der Waals surface area contributed by atoms with Crippen LogP contribution in [-0.2, 0) is 4.79 Å². The van der Waals surface area contributed by atoms with Gasteiger partial charge >= 0.3 is 5.97 Å². The van der Waals surface area contributed by atoms with Crippen LogP contribution in [-0.4, -0.2) is 17.2 Å². The molecule has 0 bridgehead atoms. The van der Waals surface area contributed by atoms with Gasteiger partial charge in [0.15, 0.2) is 0 Å². The molecule has 15 heavy (non-hydrogen) atoms. The van der Waals surface area contributed by atoms with E-state index in [-0.39, 0.29) is 12.5 Å². The maximum atomic E-state index is 10.6. The van der Waals surface area contributed by atoms with Crippen LogP contribution in [0.3, 0.4) is 0 Å². The number of carbonyl (C=O) groups is 1. The fourth-order valence-corrected chi connectivity index (χ4v) is 1.25. The molecule has 0 aliphatic rings. The second-order valence-electron chi connectivity index (χ2n) is 3.18. The van der Waals surface area contributed by atoms with Crippen molar-refractivity contribution < 1.29 is 14.6 Å². The summed E-state index contributed by atoms with van der Waals surface area (Å²) in [7, 11) is 0. The summed E-state index contributed by atoms with van der Waals surface area (Å²) < 4.78 is 5.51. The first kappa shape index (κ1) is 11.3. The number of aliphatic carboxylic acids is 1. The molecule has 1 N–H and O–H groups in total. The number of carboxylic acid groups (broad SMARTS) is 1. The predicted molar refractivity (Wildman–Crippen MR) is 57.9 cm³/mol. The Labute approximate surface area is 89.0 Å². The summed E-state index contributed by atoms with van der Waals surface area (Å²) in [6.07, 6.45) is 1.83. The molecular weight excluding hydrogens is 192 g/mol. The molecule has 0 aliphatic carbocycles. The number of hydrogen-bond acceptors (Lipinski definition) is 2. The summed E-state index contributed by atoms with van der Waals surface area (Å²) in [5.41, 5.74) is 0. The van der Waals surface area contributed by atoms with Gasteiger partial charge in [0.2, 0.25) is 0 Å². The normalized spacial score (nSPS) is 11.7. The van der Waals surface area contributed by atoms with Crippen LogP contribution in [0.1, 0.15) is 12.8 Å². The molecule has 0 aliphatic heterocycles. The Bertz CT molecular complexity index is 319. The average molecular weight is 206 g/mol. The van der Waals surface area contributed by atoms with Crippen LogP contribution in [0.25, 0.3) is 0 Å². The highest BCUT2D eigenvalue weighted by atomic mass is 16.5. The molecule has 1 unspecified atom stereocenters. The van der Waals surface area contributed by atoms with E-state index >= 15 is 0 Å². The molecule has 0 fully saturated rings. The predicted octanol–water partition coefficient (Wildman–Crippen LogP) is 2.48. The molecule has 1 aromatic carbocycles. The molecule has 0 heterocycles. The summed E-state index contributed by atoms with van der Waals surface area (Å²) >= 11 is 0. The first-order chi connectivity index (χ1) is 7.22. The zero-order valence-electron chi connectivity index (χ0n) is 8.43. The van der Waals surface area contributed by atoms with Gasteiger partial charge in [0.25, 0.3) is 0 Å². The van der Waals surface area contributed by atoms with Gasteiger partial charge in [-0.2, -0.15) is 0 Å². The Kier molecular flexibility index (Phi) is 4.41. The largest absolute Gasteiger partial charge is 0.490 e. The highest BCUT2D eigenvalue weighted by molar-refractivity contribution is 5.67. The second-order valence-corrected chi connectivity index (χ2v) is 3.18. The van der Waals surface area contributed by atoms with Crippen LogP contribution in [0.15, 0.2) is 43.0 Å². The maximum absolute atomic E-state index is 10.6. The van der Waals surface area contributed by atoms with E-state index in [1.807, 2.05) is 18.2 Å². The Morgan fingerprint density at radius 1 is 1.47 bits per heavy atom. The fraction of sp³-hybridized carbons (Fsp3) is 0.250. The van der Waals surface area contributed by atoms with Crippen molar-refractivity contribution in [2.75, 3.05) is 0 Å². The van der Waals surface area contributed by atoms with Crippen molar-refractivity contribution >= 4 is 5.97 Å². The third-order valence-corrected chi connectivity index (χ3v) is 1.88. The monoisotopic (exact) mass is 206 g/mol. The molecule has 0 spiro atoms. The molecule has 1 aromatic rings. The Morgan fingerprint density at radius 2 is 2.13 bits per heavy atom. The number of rotatable bonds is 6. The minimum absolute atomic E-state index is 0.0130. The van der Waals surface area contributed by atoms with Gasteiger partial charge in [-0.3, -0.25) is 4.79 Å². The summed E-state index contributed by atoms with van der Waals surface area (Å²) in [6, 6.07) is 9.19. The van der Waals surface area contributed by atoms with Gasteiger partial charge in [-0.05, 0) is 12.1 Å². The SMILES string of the molecule is C=CCC(CC(=O)O)Oc1ccccc1. The van der Waals surface area contributed by atoms with Crippen molar-refractivity contribution in [2.45, 2.75) is 18.9 Å². The highest BCUT2D eigenvalue weighted by Gasteiger charge is 2.12. The Morgan fingerprint density at radius 3 is 2.67 bits per heavy atom. The maximum Gasteiger partial charge on any atom is 0.307 e. The number of carboxylic acids is 1. The Balaban J connectivity index is 2.58. The molecule has 80 valence electrons. The Hall–Kier alpha value is -1.77. The van der Waals surface area contributed by atoms with Gasteiger partial charge in [-0.15, -0.1) is 6.58 Å². The lowest BCUT2D eigenvalue weighted by Gasteiger charge is -2.15. The average Bonchev–Trinajstić information content (AvgIpc) is 2.18. The van der Waals surface area contributed by atoms with Gasteiger partial charge in [0, 0.05) is 6.42 Å². The molecular formula is C12H14O3. The third kappa shape index (κ3) is 4.31. The minimum Gasteiger partial charge on any atom is -0.490 e. The first-order valence-corrected chi connectivity index (χ1v) is 4.76.